The maximum atomic E-state index is 14.1. The number of carbonyl (C=O) groups excluding carboxylic acids is 4. The summed E-state index contributed by atoms with van der Waals surface area (Å²) in [5, 5.41) is 15.7. The molecule has 69 heavy (non-hydrogen) atoms. The number of thiazole rings is 1. The van der Waals surface area contributed by atoms with Crippen LogP contribution in [0.1, 0.15) is 90.5 Å². The Bertz CT molecular complexity index is 2480. The Kier molecular flexibility index (Phi) is 17.9. The van der Waals surface area contributed by atoms with Gasteiger partial charge in [-0.1, -0.05) is 52.0 Å². The highest BCUT2D eigenvalue weighted by Crippen LogP contribution is 2.38. The predicted octanol–water partition coefficient (Wildman–Crippen LogP) is 7.97. The molecule has 4 amide bonds. The SMILES string of the molecule is COc1cc(N2C(=O)C(C)(C)N(c3ccc(OCCCCCOCCCOCC(=O)N[C@H](C(=O)N4C[C@H](C)C[C@H]4C(=O)NCc4ccc(-c5scnc5C)cc4)C(C)(C)C)cc3)C2=S)ccc1C#N. The lowest BCUT2D eigenvalue weighted by Crippen LogP contribution is -2.58. The lowest BCUT2D eigenvalue weighted by molar-refractivity contribution is -0.144. The first-order valence-electron chi connectivity index (χ1n) is 23.5. The Labute approximate surface area is 415 Å². The summed E-state index contributed by atoms with van der Waals surface area (Å²) in [4.78, 5) is 64.6. The first-order chi connectivity index (χ1) is 32.9. The number of ether oxygens (including phenoxy) is 4. The minimum absolute atomic E-state index is 0.131. The number of likely N-dealkylation sites (tertiary alicyclic amines) is 1. The molecule has 2 N–H and O–H groups in total. The third-order valence-electron chi connectivity index (χ3n) is 12.3. The van der Waals surface area contributed by atoms with Gasteiger partial charge in [-0.25, -0.2) is 4.98 Å². The van der Waals surface area contributed by atoms with Gasteiger partial charge >= 0.3 is 0 Å². The van der Waals surface area contributed by atoms with Crippen LogP contribution in [-0.4, -0.2) is 103 Å². The number of nitrogens with zero attached hydrogens (tertiary/aromatic N) is 5. The highest BCUT2D eigenvalue weighted by molar-refractivity contribution is 7.81. The summed E-state index contributed by atoms with van der Waals surface area (Å²) in [7, 11) is 1.48. The molecular weight excluding hydrogens is 915 g/mol. The molecule has 2 aliphatic rings. The normalized spacial score (nSPS) is 17.2. The van der Waals surface area contributed by atoms with E-state index in [1.165, 1.54) is 12.0 Å². The van der Waals surface area contributed by atoms with Crippen LogP contribution in [-0.2, 0) is 35.2 Å². The zero-order valence-corrected chi connectivity index (χ0v) is 42.6. The predicted molar refractivity (Wildman–Crippen MR) is 271 cm³/mol. The van der Waals surface area contributed by atoms with E-state index in [1.807, 2.05) is 107 Å². The van der Waals surface area contributed by atoms with E-state index in [-0.39, 0.29) is 30.2 Å². The van der Waals surface area contributed by atoms with Gasteiger partial charge in [0.25, 0.3) is 5.91 Å². The molecular formula is C52H65N7O8S2. The first kappa shape index (κ1) is 52.4. The number of hydrogen-bond donors (Lipinski definition) is 2. The van der Waals surface area contributed by atoms with Crippen LogP contribution in [0.5, 0.6) is 11.5 Å². The smallest absolute Gasteiger partial charge is 0.259 e. The van der Waals surface area contributed by atoms with Crippen LogP contribution in [0.2, 0.25) is 0 Å². The van der Waals surface area contributed by atoms with Crippen molar-refractivity contribution in [2.45, 2.75) is 105 Å². The number of rotatable bonds is 22. The number of nitriles is 1. The Hall–Kier alpha value is -5.93. The zero-order valence-electron chi connectivity index (χ0n) is 41.0. The number of amides is 4. The molecule has 3 heterocycles. The van der Waals surface area contributed by atoms with Crippen LogP contribution in [0, 0.1) is 29.6 Å². The van der Waals surface area contributed by atoms with Gasteiger partial charge in [0.2, 0.25) is 17.7 Å². The molecule has 4 aromatic rings. The third kappa shape index (κ3) is 13.0. The van der Waals surface area contributed by atoms with Crippen molar-refractivity contribution in [3.8, 4) is 28.0 Å². The molecule has 1 aromatic heterocycles. The maximum absolute atomic E-state index is 14.1. The quantitative estimate of drug-likeness (QED) is 0.0575. The van der Waals surface area contributed by atoms with E-state index in [1.54, 1.807) is 34.4 Å². The van der Waals surface area contributed by atoms with Gasteiger partial charge < -0.3 is 39.4 Å². The van der Waals surface area contributed by atoms with Gasteiger partial charge in [0.1, 0.15) is 41.8 Å². The number of unbranched alkanes of at least 4 members (excludes halogenated alkanes) is 2. The number of nitrogens with one attached hydrogen (secondary N) is 2. The van der Waals surface area contributed by atoms with E-state index in [0.717, 1.165) is 46.6 Å². The van der Waals surface area contributed by atoms with Crippen LogP contribution < -0.4 is 29.9 Å². The molecule has 6 rings (SSSR count). The number of carbonyl (C=O) groups is 4. The Balaban J connectivity index is 0.843. The number of benzene rings is 3. The van der Waals surface area contributed by atoms with Gasteiger partial charge in [0.15, 0.2) is 5.11 Å². The molecule has 0 radical (unpaired) electrons. The monoisotopic (exact) mass is 979 g/mol. The average molecular weight is 980 g/mol. The summed E-state index contributed by atoms with van der Waals surface area (Å²) in [6.45, 7) is 15.9. The minimum atomic E-state index is -0.953. The van der Waals surface area contributed by atoms with Crippen molar-refractivity contribution in [1.29, 1.82) is 5.26 Å². The molecule has 17 heteroatoms. The van der Waals surface area contributed by atoms with E-state index < -0.39 is 28.9 Å². The molecule has 3 aromatic carbocycles. The van der Waals surface area contributed by atoms with E-state index in [0.29, 0.717) is 80.2 Å². The van der Waals surface area contributed by atoms with Crippen molar-refractivity contribution >= 4 is 63.7 Å². The molecule has 3 atom stereocenters. The van der Waals surface area contributed by atoms with Crippen LogP contribution in [0.3, 0.4) is 0 Å². The molecule has 368 valence electrons. The molecule has 15 nitrogen and oxygen atoms in total. The summed E-state index contributed by atoms with van der Waals surface area (Å²) in [5.74, 6) is 0.137. The van der Waals surface area contributed by atoms with Gasteiger partial charge in [-0.2, -0.15) is 5.26 Å². The molecule has 0 bridgehead atoms. The fourth-order valence-electron chi connectivity index (χ4n) is 8.48. The summed E-state index contributed by atoms with van der Waals surface area (Å²) in [5.41, 5.74) is 4.94. The van der Waals surface area contributed by atoms with Crippen LogP contribution in [0.15, 0.2) is 72.2 Å². The largest absolute Gasteiger partial charge is 0.495 e. The molecule has 0 unspecified atom stereocenters. The van der Waals surface area contributed by atoms with Crippen LogP contribution >= 0.6 is 23.6 Å². The first-order valence-corrected chi connectivity index (χ1v) is 24.8. The number of thiocarbonyl (C=S) groups is 1. The number of hydrogen-bond acceptors (Lipinski definition) is 12. The van der Waals surface area contributed by atoms with Gasteiger partial charge in [0.05, 0.1) is 41.0 Å². The second kappa shape index (κ2) is 23.6. The highest BCUT2D eigenvalue weighted by atomic mass is 32.1. The van der Waals surface area contributed by atoms with Crippen molar-refractivity contribution in [2.75, 3.05) is 56.5 Å². The van der Waals surface area contributed by atoms with Gasteiger partial charge in [0, 0.05) is 44.7 Å². The minimum Gasteiger partial charge on any atom is -0.495 e. The second-order valence-electron chi connectivity index (χ2n) is 19.1. The standard InChI is InChI=1S/C52H65N7O8S2/c1-34-27-42(47(61)54-30-36-13-15-37(16-14-36)45-35(2)55-33-69-45)57(31-34)48(62)46(51(3,4)5)56-44(60)32-66-25-12-24-65-23-10-9-11-26-67-41-21-19-39(20-22-41)59-50(68)58(49(63)52(59,6)7)40-18-17-38(29-53)43(28-40)64-8/h13-22,28,33-34,42,46H,9-12,23-27,30-32H2,1-8H3,(H,54,61)(H,56,60)/t34-,42+,46-/m1/s1. The van der Waals surface area contributed by atoms with E-state index in [4.69, 9.17) is 31.2 Å². The third-order valence-corrected chi connectivity index (χ3v) is 13.6. The zero-order chi connectivity index (χ0) is 49.9. The van der Waals surface area contributed by atoms with Crippen LogP contribution in [0.25, 0.3) is 10.4 Å². The van der Waals surface area contributed by atoms with E-state index in [2.05, 4.69) is 21.7 Å². The molecule has 0 aliphatic carbocycles. The Morgan fingerprint density at radius 1 is 0.957 bits per heavy atom. The number of anilines is 2. The number of aromatic nitrogens is 1. The lowest BCUT2D eigenvalue weighted by Gasteiger charge is -2.35. The summed E-state index contributed by atoms with van der Waals surface area (Å²) in [6, 6.07) is 21.1. The molecule has 0 saturated carbocycles. The Morgan fingerprint density at radius 3 is 2.30 bits per heavy atom. The Morgan fingerprint density at radius 2 is 1.64 bits per heavy atom. The van der Waals surface area contributed by atoms with Gasteiger partial charge in [-0.05, 0) is 124 Å². The lowest BCUT2D eigenvalue weighted by atomic mass is 9.85. The molecule has 0 spiro atoms. The average Bonchev–Trinajstić information content (AvgIpc) is 3.99. The van der Waals surface area contributed by atoms with Crippen molar-refractivity contribution in [2.24, 2.45) is 11.3 Å². The van der Waals surface area contributed by atoms with Crippen LogP contribution in [0.4, 0.5) is 11.4 Å². The summed E-state index contributed by atoms with van der Waals surface area (Å²) >= 11 is 7.41. The fourth-order valence-corrected chi connectivity index (χ4v) is 9.81. The maximum Gasteiger partial charge on any atom is 0.259 e. The van der Waals surface area contributed by atoms with Crippen molar-refractivity contribution in [3.63, 3.8) is 0 Å². The summed E-state index contributed by atoms with van der Waals surface area (Å²) < 4.78 is 22.8. The van der Waals surface area contributed by atoms with E-state index >= 15 is 0 Å². The molecule has 2 aliphatic heterocycles. The number of methoxy groups -OCH3 is 1. The van der Waals surface area contributed by atoms with Crippen molar-refractivity contribution in [3.05, 3.63) is 89.1 Å². The van der Waals surface area contributed by atoms with Crippen molar-refractivity contribution in [1.82, 2.24) is 20.5 Å². The van der Waals surface area contributed by atoms with Crippen molar-refractivity contribution < 1.29 is 38.1 Å². The molecule has 2 fully saturated rings. The summed E-state index contributed by atoms with van der Waals surface area (Å²) in [6.07, 6.45) is 3.79. The van der Waals surface area contributed by atoms with Gasteiger partial charge in [-0.3, -0.25) is 24.1 Å². The van der Waals surface area contributed by atoms with Gasteiger partial charge in [-0.15, -0.1) is 11.3 Å². The van der Waals surface area contributed by atoms with E-state index in [9.17, 15) is 24.4 Å². The topological polar surface area (TPSA) is 176 Å². The fraction of sp³-hybridized carbons (Fsp3) is 0.481. The number of aryl methyl sites for hydroxylation is 1. The second-order valence-corrected chi connectivity index (χ2v) is 20.4. The molecule has 2 saturated heterocycles. The highest BCUT2D eigenvalue weighted by Gasteiger charge is 2.50.